The molecule has 1 aromatic carbocycles. The van der Waals surface area contributed by atoms with Gasteiger partial charge in [0.2, 0.25) is 10.0 Å². The maximum Gasteiger partial charge on any atom is 0.240 e. The predicted octanol–water partition coefficient (Wildman–Crippen LogP) is 1.11. The number of nitrogen functional groups attached to an aromatic ring is 1. The number of nitrogens with two attached hydrogens (primary N) is 1. The molecule has 0 bridgehead atoms. The Balaban J connectivity index is 2.15. The fraction of sp³-hybridized carbons (Fsp3) is 0.500. The van der Waals surface area contributed by atoms with Crippen molar-refractivity contribution in [2.24, 2.45) is 5.92 Å². The van der Waals surface area contributed by atoms with Crippen molar-refractivity contribution >= 4 is 15.7 Å². The molecule has 1 fully saturated rings. The number of nitrogens with one attached hydrogen (secondary N) is 1. The highest BCUT2D eigenvalue weighted by atomic mass is 32.2. The molecule has 7 heteroatoms. The second kappa shape index (κ2) is 5.44. The van der Waals surface area contributed by atoms with Gasteiger partial charge >= 0.3 is 0 Å². The molecule has 0 aliphatic carbocycles. The molecule has 5 nitrogen and oxygen atoms in total. The van der Waals surface area contributed by atoms with Gasteiger partial charge in [0.05, 0.1) is 17.2 Å². The Morgan fingerprint density at radius 2 is 2.26 bits per heavy atom. The average Bonchev–Trinajstić information content (AvgIpc) is 2.85. The van der Waals surface area contributed by atoms with E-state index in [1.165, 1.54) is 6.07 Å². The molecule has 1 aromatic rings. The maximum atomic E-state index is 13.0. The lowest BCUT2D eigenvalue weighted by atomic mass is 10.0. The SMILES string of the molecule is CC(NS(=O)(=O)c1ccc(F)c(N)c1)C1CCOC1. The van der Waals surface area contributed by atoms with Crippen molar-refractivity contribution in [1.29, 1.82) is 0 Å². The quantitative estimate of drug-likeness (QED) is 0.813. The van der Waals surface area contributed by atoms with Crippen LogP contribution in [0.2, 0.25) is 0 Å². The summed E-state index contributed by atoms with van der Waals surface area (Å²) < 4.78 is 45.1. The zero-order valence-electron chi connectivity index (χ0n) is 10.6. The van der Waals surface area contributed by atoms with Crippen molar-refractivity contribution in [2.75, 3.05) is 18.9 Å². The molecule has 2 unspecified atom stereocenters. The molecule has 0 spiro atoms. The summed E-state index contributed by atoms with van der Waals surface area (Å²) in [5, 5.41) is 0. The molecular formula is C12H17FN2O3S. The minimum atomic E-state index is -3.69. The Morgan fingerprint density at radius 1 is 1.53 bits per heavy atom. The summed E-state index contributed by atoms with van der Waals surface area (Å²) in [5.41, 5.74) is 5.20. The van der Waals surface area contributed by atoms with Gasteiger partial charge < -0.3 is 10.5 Å². The molecule has 1 heterocycles. The average molecular weight is 288 g/mol. The summed E-state index contributed by atoms with van der Waals surface area (Å²) in [6.45, 7) is 3.00. The second-order valence-corrected chi connectivity index (χ2v) is 6.43. The van der Waals surface area contributed by atoms with E-state index in [9.17, 15) is 12.8 Å². The van der Waals surface area contributed by atoms with Gasteiger partial charge in [-0.2, -0.15) is 0 Å². The summed E-state index contributed by atoms with van der Waals surface area (Å²) in [6.07, 6.45) is 0.829. The molecule has 0 amide bonds. The smallest absolute Gasteiger partial charge is 0.240 e. The number of hydrogen-bond acceptors (Lipinski definition) is 4. The van der Waals surface area contributed by atoms with Crippen molar-refractivity contribution in [3.05, 3.63) is 24.0 Å². The Morgan fingerprint density at radius 3 is 2.84 bits per heavy atom. The molecule has 3 N–H and O–H groups in total. The maximum absolute atomic E-state index is 13.0. The highest BCUT2D eigenvalue weighted by Gasteiger charge is 2.27. The van der Waals surface area contributed by atoms with E-state index in [1.54, 1.807) is 6.92 Å². The number of ether oxygens (including phenoxy) is 1. The third-order valence-corrected chi connectivity index (χ3v) is 4.85. The second-order valence-electron chi connectivity index (χ2n) is 4.72. The topological polar surface area (TPSA) is 81.4 Å². The van der Waals surface area contributed by atoms with Crippen molar-refractivity contribution in [3.8, 4) is 0 Å². The Kier molecular flexibility index (Phi) is 4.07. The summed E-state index contributed by atoms with van der Waals surface area (Å²) in [7, 11) is -3.69. The van der Waals surface area contributed by atoms with E-state index in [-0.39, 0.29) is 22.5 Å². The lowest BCUT2D eigenvalue weighted by Crippen LogP contribution is -2.38. The van der Waals surface area contributed by atoms with Gasteiger partial charge in [0, 0.05) is 18.6 Å². The number of halogens is 1. The van der Waals surface area contributed by atoms with E-state index in [2.05, 4.69) is 4.72 Å². The van der Waals surface area contributed by atoms with Crippen LogP contribution in [0.3, 0.4) is 0 Å². The van der Waals surface area contributed by atoms with Crippen LogP contribution in [0.15, 0.2) is 23.1 Å². The van der Waals surface area contributed by atoms with E-state index in [0.717, 1.165) is 18.6 Å². The molecule has 19 heavy (non-hydrogen) atoms. The molecule has 0 aromatic heterocycles. The lowest BCUT2D eigenvalue weighted by Gasteiger charge is -2.19. The van der Waals surface area contributed by atoms with E-state index in [4.69, 9.17) is 10.5 Å². The van der Waals surface area contributed by atoms with Crippen molar-refractivity contribution in [2.45, 2.75) is 24.3 Å². The Bertz CT molecular complexity index is 556. The van der Waals surface area contributed by atoms with Gasteiger partial charge in [-0.05, 0) is 31.5 Å². The minimum absolute atomic E-state index is 0.0304. The summed E-state index contributed by atoms with van der Waals surface area (Å²) in [6, 6.07) is 3.13. The van der Waals surface area contributed by atoms with Gasteiger partial charge in [0.25, 0.3) is 0 Å². The van der Waals surface area contributed by atoms with Gasteiger partial charge in [-0.3, -0.25) is 0 Å². The first-order chi connectivity index (χ1) is 8.90. The van der Waals surface area contributed by atoms with Crippen molar-refractivity contribution < 1.29 is 17.5 Å². The van der Waals surface area contributed by atoms with E-state index in [1.807, 2.05) is 0 Å². The molecule has 0 saturated carbocycles. The first kappa shape index (κ1) is 14.2. The van der Waals surface area contributed by atoms with Gasteiger partial charge in [-0.15, -0.1) is 0 Å². The predicted molar refractivity (Wildman–Crippen MR) is 69.5 cm³/mol. The van der Waals surface area contributed by atoms with Gasteiger partial charge in [-0.1, -0.05) is 0 Å². The lowest BCUT2D eigenvalue weighted by molar-refractivity contribution is 0.180. The third kappa shape index (κ3) is 3.23. The zero-order valence-corrected chi connectivity index (χ0v) is 11.4. The molecule has 1 aliphatic rings. The minimum Gasteiger partial charge on any atom is -0.396 e. The highest BCUT2D eigenvalue weighted by molar-refractivity contribution is 7.89. The van der Waals surface area contributed by atoms with Gasteiger partial charge in [-0.25, -0.2) is 17.5 Å². The first-order valence-electron chi connectivity index (χ1n) is 6.05. The molecule has 0 radical (unpaired) electrons. The third-order valence-electron chi connectivity index (χ3n) is 3.29. The number of hydrogen-bond donors (Lipinski definition) is 2. The van der Waals surface area contributed by atoms with E-state index < -0.39 is 15.8 Å². The van der Waals surface area contributed by atoms with Crippen molar-refractivity contribution in [1.82, 2.24) is 4.72 Å². The normalized spacial score (nSPS) is 21.5. The largest absolute Gasteiger partial charge is 0.396 e. The van der Waals surface area contributed by atoms with Crippen LogP contribution in [-0.4, -0.2) is 27.7 Å². The molecule has 106 valence electrons. The fourth-order valence-corrected chi connectivity index (χ4v) is 3.39. The zero-order chi connectivity index (χ0) is 14.0. The van der Waals surface area contributed by atoms with Crippen LogP contribution in [-0.2, 0) is 14.8 Å². The van der Waals surface area contributed by atoms with Gasteiger partial charge in [0.1, 0.15) is 5.82 Å². The number of benzene rings is 1. The summed E-state index contributed by atoms with van der Waals surface area (Å²) in [5.74, 6) is -0.469. The van der Waals surface area contributed by atoms with E-state index >= 15 is 0 Å². The van der Waals surface area contributed by atoms with Crippen LogP contribution in [0.1, 0.15) is 13.3 Å². The van der Waals surface area contributed by atoms with Crippen LogP contribution in [0, 0.1) is 11.7 Å². The van der Waals surface area contributed by atoms with Crippen molar-refractivity contribution in [3.63, 3.8) is 0 Å². The van der Waals surface area contributed by atoms with E-state index in [0.29, 0.717) is 13.2 Å². The molecule has 1 aliphatic heterocycles. The van der Waals surface area contributed by atoms with Crippen LogP contribution >= 0.6 is 0 Å². The number of sulfonamides is 1. The Labute approximate surface area is 112 Å². The highest BCUT2D eigenvalue weighted by Crippen LogP contribution is 2.20. The summed E-state index contributed by atoms with van der Waals surface area (Å²) >= 11 is 0. The van der Waals surface area contributed by atoms with Crippen LogP contribution < -0.4 is 10.5 Å². The number of rotatable bonds is 4. The Hall–Kier alpha value is -1.18. The standard InChI is InChI=1S/C12H17FN2O3S/c1-8(9-4-5-18-7-9)15-19(16,17)10-2-3-11(13)12(14)6-10/h2-3,6,8-9,15H,4-5,7,14H2,1H3. The number of anilines is 1. The van der Waals surface area contributed by atoms with Crippen LogP contribution in [0.25, 0.3) is 0 Å². The fourth-order valence-electron chi connectivity index (χ4n) is 2.05. The van der Waals surface area contributed by atoms with Crippen LogP contribution in [0.5, 0.6) is 0 Å². The van der Waals surface area contributed by atoms with Crippen LogP contribution in [0.4, 0.5) is 10.1 Å². The molecule has 2 atom stereocenters. The molecular weight excluding hydrogens is 271 g/mol. The van der Waals surface area contributed by atoms with Gasteiger partial charge in [0.15, 0.2) is 0 Å². The monoisotopic (exact) mass is 288 g/mol. The first-order valence-corrected chi connectivity index (χ1v) is 7.53. The molecule has 2 rings (SSSR count). The molecule has 1 saturated heterocycles. The summed E-state index contributed by atoms with van der Waals surface area (Å²) in [4.78, 5) is -0.0304.